The molecule has 0 aliphatic carbocycles. The average Bonchev–Trinajstić information content (AvgIpc) is 2.28. The van der Waals surface area contributed by atoms with Gasteiger partial charge in [0, 0.05) is 6.20 Å². The van der Waals surface area contributed by atoms with Crippen molar-refractivity contribution in [1.82, 2.24) is 4.98 Å². The summed E-state index contributed by atoms with van der Waals surface area (Å²) < 4.78 is 0. The molecule has 2 nitrogen and oxygen atoms in total. The van der Waals surface area contributed by atoms with Crippen LogP contribution in [0.25, 0.3) is 0 Å². The number of rotatable bonds is 3. The normalized spacial score (nSPS) is 10.3. The molecule has 0 aliphatic rings. The Labute approximate surface area is 96.1 Å². The van der Waals surface area contributed by atoms with Gasteiger partial charge in [-0.1, -0.05) is 35.9 Å². The summed E-state index contributed by atoms with van der Waals surface area (Å²) in [5, 5.41) is 0. The topological polar surface area (TPSA) is 38.9 Å². The fourth-order valence-electron chi connectivity index (χ4n) is 1.81. The summed E-state index contributed by atoms with van der Waals surface area (Å²) in [5.41, 5.74) is 9.58. The van der Waals surface area contributed by atoms with Crippen molar-refractivity contribution in [2.75, 3.05) is 5.73 Å². The number of aromatic nitrogens is 1. The van der Waals surface area contributed by atoms with E-state index in [2.05, 4.69) is 36.2 Å². The van der Waals surface area contributed by atoms with Gasteiger partial charge in [-0.25, -0.2) is 4.98 Å². The summed E-state index contributed by atoms with van der Waals surface area (Å²) in [6.07, 6.45) is 3.69. The highest BCUT2D eigenvalue weighted by molar-refractivity contribution is 5.39. The lowest BCUT2D eigenvalue weighted by Gasteiger charge is -2.05. The number of nitrogens with zero attached hydrogens (tertiary/aromatic N) is 1. The maximum atomic E-state index is 5.80. The third kappa shape index (κ3) is 2.60. The number of benzene rings is 1. The second kappa shape index (κ2) is 4.79. The molecule has 1 aromatic heterocycles. The van der Waals surface area contributed by atoms with Crippen LogP contribution in [0, 0.1) is 6.92 Å². The molecule has 0 atom stereocenters. The first-order valence-electron chi connectivity index (χ1n) is 5.50. The molecule has 0 fully saturated rings. The van der Waals surface area contributed by atoms with E-state index in [1.165, 1.54) is 11.1 Å². The van der Waals surface area contributed by atoms with Gasteiger partial charge < -0.3 is 5.73 Å². The van der Waals surface area contributed by atoms with Gasteiger partial charge in [0.1, 0.15) is 5.82 Å². The maximum Gasteiger partial charge on any atom is 0.126 e. The van der Waals surface area contributed by atoms with Gasteiger partial charge in [0.2, 0.25) is 0 Å². The van der Waals surface area contributed by atoms with Crippen LogP contribution in [0.5, 0.6) is 0 Å². The molecule has 0 amide bonds. The van der Waals surface area contributed by atoms with E-state index in [4.69, 9.17) is 5.73 Å². The summed E-state index contributed by atoms with van der Waals surface area (Å²) in [6.45, 7) is 2.11. The fraction of sp³-hybridized carbons (Fsp3) is 0.214. The van der Waals surface area contributed by atoms with E-state index >= 15 is 0 Å². The van der Waals surface area contributed by atoms with Crippen LogP contribution >= 0.6 is 0 Å². The number of hydrogen-bond acceptors (Lipinski definition) is 2. The summed E-state index contributed by atoms with van der Waals surface area (Å²) in [5.74, 6) is 0.648. The number of aryl methyl sites for hydroxylation is 3. The van der Waals surface area contributed by atoms with Crippen LogP contribution in [0.15, 0.2) is 42.6 Å². The quantitative estimate of drug-likeness (QED) is 0.849. The van der Waals surface area contributed by atoms with Gasteiger partial charge in [-0.15, -0.1) is 0 Å². The predicted molar refractivity (Wildman–Crippen MR) is 67.2 cm³/mol. The molecular weight excluding hydrogens is 196 g/mol. The highest BCUT2D eigenvalue weighted by Crippen LogP contribution is 2.12. The van der Waals surface area contributed by atoms with Gasteiger partial charge in [-0.05, 0) is 37.0 Å². The second-order valence-electron chi connectivity index (χ2n) is 4.04. The molecule has 0 aliphatic heterocycles. The number of nitrogens with two attached hydrogens (primary N) is 1. The van der Waals surface area contributed by atoms with Gasteiger partial charge in [-0.2, -0.15) is 0 Å². The molecule has 2 N–H and O–H groups in total. The van der Waals surface area contributed by atoms with Gasteiger partial charge in [0.15, 0.2) is 0 Å². The van der Waals surface area contributed by atoms with Crippen molar-refractivity contribution in [2.24, 2.45) is 0 Å². The Balaban J connectivity index is 2.05. The zero-order valence-corrected chi connectivity index (χ0v) is 9.48. The predicted octanol–water partition coefficient (Wildman–Crippen LogP) is 2.76. The first kappa shape index (κ1) is 10.7. The summed E-state index contributed by atoms with van der Waals surface area (Å²) in [6, 6.07) is 12.5. The van der Waals surface area contributed by atoms with Crippen LogP contribution in [0.3, 0.4) is 0 Å². The lowest BCUT2D eigenvalue weighted by molar-refractivity contribution is 0.952. The van der Waals surface area contributed by atoms with Gasteiger partial charge in [0.25, 0.3) is 0 Å². The van der Waals surface area contributed by atoms with Crippen LogP contribution < -0.4 is 5.73 Å². The number of anilines is 1. The van der Waals surface area contributed by atoms with Crippen LogP contribution in [0.4, 0.5) is 5.82 Å². The first-order chi connectivity index (χ1) is 7.75. The maximum absolute atomic E-state index is 5.80. The van der Waals surface area contributed by atoms with Crippen LogP contribution in [0.2, 0.25) is 0 Å². The molecule has 82 valence electrons. The highest BCUT2D eigenvalue weighted by atomic mass is 14.8. The van der Waals surface area contributed by atoms with E-state index in [-0.39, 0.29) is 0 Å². The minimum atomic E-state index is 0.648. The van der Waals surface area contributed by atoms with Gasteiger partial charge in [-0.3, -0.25) is 0 Å². The van der Waals surface area contributed by atoms with E-state index < -0.39 is 0 Å². The monoisotopic (exact) mass is 212 g/mol. The second-order valence-corrected chi connectivity index (χ2v) is 4.04. The minimum Gasteiger partial charge on any atom is -0.383 e. The summed E-state index contributed by atoms with van der Waals surface area (Å²) in [4.78, 5) is 4.09. The van der Waals surface area contributed by atoms with Crippen molar-refractivity contribution >= 4 is 5.82 Å². The number of pyridine rings is 1. The molecular formula is C14H16N2. The summed E-state index contributed by atoms with van der Waals surface area (Å²) >= 11 is 0. The molecule has 2 aromatic rings. The first-order valence-corrected chi connectivity index (χ1v) is 5.50. The van der Waals surface area contributed by atoms with Crippen molar-refractivity contribution in [3.8, 4) is 0 Å². The van der Waals surface area contributed by atoms with Crippen molar-refractivity contribution < 1.29 is 0 Å². The van der Waals surface area contributed by atoms with Crippen molar-refractivity contribution in [1.29, 1.82) is 0 Å². The third-order valence-corrected chi connectivity index (χ3v) is 2.69. The molecule has 1 heterocycles. The molecule has 16 heavy (non-hydrogen) atoms. The zero-order chi connectivity index (χ0) is 11.4. The lowest BCUT2D eigenvalue weighted by atomic mass is 10.0. The Hall–Kier alpha value is -1.83. The zero-order valence-electron chi connectivity index (χ0n) is 9.48. The fourth-order valence-corrected chi connectivity index (χ4v) is 1.81. The van der Waals surface area contributed by atoms with Crippen molar-refractivity contribution in [2.45, 2.75) is 19.8 Å². The molecule has 0 radical (unpaired) electrons. The number of hydrogen-bond donors (Lipinski definition) is 1. The Bertz CT molecular complexity index is 478. The molecule has 0 saturated carbocycles. The van der Waals surface area contributed by atoms with E-state index in [1.807, 2.05) is 12.1 Å². The smallest absolute Gasteiger partial charge is 0.126 e. The Morgan fingerprint density at radius 3 is 2.75 bits per heavy atom. The van der Waals surface area contributed by atoms with E-state index in [0.717, 1.165) is 18.4 Å². The summed E-state index contributed by atoms with van der Waals surface area (Å²) in [7, 11) is 0. The Morgan fingerprint density at radius 2 is 2.00 bits per heavy atom. The van der Waals surface area contributed by atoms with E-state index in [9.17, 15) is 0 Å². The van der Waals surface area contributed by atoms with Gasteiger partial charge in [0.05, 0.1) is 0 Å². The average molecular weight is 212 g/mol. The molecule has 0 spiro atoms. The molecule has 0 bridgehead atoms. The molecule has 2 heteroatoms. The standard InChI is InChI=1S/C14H16N2/c1-11-4-2-5-12(10-11)7-8-13-6-3-9-16-14(13)15/h2-6,9-10H,7-8H2,1H3,(H2,15,16). The van der Waals surface area contributed by atoms with E-state index in [1.54, 1.807) is 6.20 Å². The van der Waals surface area contributed by atoms with Crippen LogP contribution in [-0.4, -0.2) is 4.98 Å². The van der Waals surface area contributed by atoms with E-state index in [0.29, 0.717) is 5.82 Å². The third-order valence-electron chi connectivity index (χ3n) is 2.69. The minimum absolute atomic E-state index is 0.648. The Morgan fingerprint density at radius 1 is 1.12 bits per heavy atom. The largest absolute Gasteiger partial charge is 0.383 e. The molecule has 2 rings (SSSR count). The Kier molecular flexibility index (Phi) is 3.20. The van der Waals surface area contributed by atoms with Crippen molar-refractivity contribution in [3.63, 3.8) is 0 Å². The molecule has 0 saturated heterocycles. The van der Waals surface area contributed by atoms with Crippen LogP contribution in [0.1, 0.15) is 16.7 Å². The van der Waals surface area contributed by atoms with Crippen LogP contribution in [-0.2, 0) is 12.8 Å². The SMILES string of the molecule is Cc1cccc(CCc2cccnc2N)c1. The lowest BCUT2D eigenvalue weighted by Crippen LogP contribution is -1.99. The highest BCUT2D eigenvalue weighted by Gasteiger charge is 2.00. The molecule has 0 unspecified atom stereocenters. The van der Waals surface area contributed by atoms with Gasteiger partial charge >= 0.3 is 0 Å². The van der Waals surface area contributed by atoms with Crippen molar-refractivity contribution in [3.05, 3.63) is 59.3 Å². The molecule has 1 aromatic carbocycles. The number of nitrogen functional groups attached to an aromatic ring is 1.